The molecule has 0 aromatic heterocycles. The van der Waals surface area contributed by atoms with Gasteiger partial charge in [-0.3, -0.25) is 4.79 Å². The zero-order valence-electron chi connectivity index (χ0n) is 10.5. The van der Waals surface area contributed by atoms with Gasteiger partial charge in [-0.2, -0.15) is 0 Å². The molecule has 0 heterocycles. The Balaban J connectivity index is 2.81. The van der Waals surface area contributed by atoms with Crippen LogP contribution < -0.4 is 11.5 Å². The van der Waals surface area contributed by atoms with Crippen LogP contribution in [0.25, 0.3) is 0 Å². The molecule has 5 heteroatoms. The molecule has 1 aromatic rings. The summed E-state index contributed by atoms with van der Waals surface area (Å²) < 4.78 is 13.3. The molecular weight excluding hydrogens is 255 g/mol. The molecule has 1 aromatic carbocycles. The van der Waals surface area contributed by atoms with Crippen LogP contribution in [0.2, 0.25) is 5.02 Å². The molecule has 1 amide bonds. The molecule has 0 aliphatic carbocycles. The van der Waals surface area contributed by atoms with E-state index in [-0.39, 0.29) is 30.1 Å². The number of hydrogen-bond donors (Lipinski definition) is 2. The molecule has 2 atom stereocenters. The van der Waals surface area contributed by atoms with Crippen molar-refractivity contribution in [2.45, 2.75) is 32.7 Å². The molecule has 0 radical (unpaired) electrons. The lowest BCUT2D eigenvalue weighted by Gasteiger charge is -2.18. The molecule has 18 heavy (non-hydrogen) atoms. The van der Waals surface area contributed by atoms with E-state index in [0.717, 1.165) is 0 Å². The van der Waals surface area contributed by atoms with Gasteiger partial charge in [0.15, 0.2) is 0 Å². The van der Waals surface area contributed by atoms with E-state index in [4.69, 9.17) is 23.1 Å². The van der Waals surface area contributed by atoms with Crippen molar-refractivity contribution < 1.29 is 9.18 Å². The number of hydrogen-bond acceptors (Lipinski definition) is 2. The van der Waals surface area contributed by atoms with Crippen LogP contribution in [0, 0.1) is 18.7 Å². The standard InChI is InChI=1S/C13H18ClFN2O/c1-7(4-13(17)18)3-12(16)9-5-8(2)11(15)6-10(9)14/h5-7,12H,3-4,16H2,1-2H3,(H2,17,18). The summed E-state index contributed by atoms with van der Waals surface area (Å²) in [5.74, 6) is -0.629. The topological polar surface area (TPSA) is 69.1 Å². The van der Waals surface area contributed by atoms with Crippen LogP contribution in [-0.2, 0) is 4.79 Å². The molecule has 4 N–H and O–H groups in total. The van der Waals surface area contributed by atoms with Crippen LogP contribution in [0.4, 0.5) is 4.39 Å². The van der Waals surface area contributed by atoms with E-state index >= 15 is 0 Å². The maximum Gasteiger partial charge on any atom is 0.217 e. The lowest BCUT2D eigenvalue weighted by molar-refractivity contribution is -0.118. The average Bonchev–Trinajstić information content (AvgIpc) is 2.21. The molecule has 0 bridgehead atoms. The number of nitrogens with two attached hydrogens (primary N) is 2. The second-order valence-corrected chi connectivity index (χ2v) is 5.15. The van der Waals surface area contributed by atoms with Crippen molar-refractivity contribution in [3.63, 3.8) is 0 Å². The summed E-state index contributed by atoms with van der Waals surface area (Å²) in [5.41, 5.74) is 12.4. The minimum atomic E-state index is -0.351. The smallest absolute Gasteiger partial charge is 0.217 e. The highest BCUT2D eigenvalue weighted by Gasteiger charge is 2.17. The van der Waals surface area contributed by atoms with E-state index in [1.165, 1.54) is 6.07 Å². The second-order valence-electron chi connectivity index (χ2n) is 4.74. The maximum atomic E-state index is 13.3. The van der Waals surface area contributed by atoms with Crippen LogP contribution in [-0.4, -0.2) is 5.91 Å². The quantitative estimate of drug-likeness (QED) is 0.865. The Hall–Kier alpha value is -1.13. The number of carbonyl (C=O) groups excluding carboxylic acids is 1. The molecule has 0 saturated carbocycles. The highest BCUT2D eigenvalue weighted by atomic mass is 35.5. The van der Waals surface area contributed by atoms with Crippen molar-refractivity contribution in [1.29, 1.82) is 0 Å². The molecule has 0 saturated heterocycles. The van der Waals surface area contributed by atoms with Crippen LogP contribution >= 0.6 is 11.6 Å². The molecule has 100 valence electrons. The molecule has 0 spiro atoms. The van der Waals surface area contributed by atoms with Gasteiger partial charge in [0, 0.05) is 17.5 Å². The molecule has 1 rings (SSSR count). The summed E-state index contributed by atoms with van der Waals surface area (Å²) in [6, 6.07) is 2.59. The van der Waals surface area contributed by atoms with E-state index in [1.54, 1.807) is 13.0 Å². The number of carbonyl (C=O) groups is 1. The number of aryl methyl sites for hydroxylation is 1. The van der Waals surface area contributed by atoms with Gasteiger partial charge < -0.3 is 11.5 Å². The molecule has 0 aliphatic rings. The first-order chi connectivity index (χ1) is 8.31. The van der Waals surface area contributed by atoms with Gasteiger partial charge in [-0.25, -0.2) is 4.39 Å². The van der Waals surface area contributed by atoms with Gasteiger partial charge in [0.1, 0.15) is 5.82 Å². The van der Waals surface area contributed by atoms with Gasteiger partial charge in [0.2, 0.25) is 5.91 Å². The third kappa shape index (κ3) is 3.96. The minimum absolute atomic E-state index is 0.0684. The largest absolute Gasteiger partial charge is 0.370 e. The maximum absolute atomic E-state index is 13.3. The first-order valence-corrected chi connectivity index (χ1v) is 6.18. The molecule has 0 aliphatic heterocycles. The first kappa shape index (κ1) is 14.9. The predicted molar refractivity (Wildman–Crippen MR) is 70.7 cm³/mol. The summed E-state index contributed by atoms with van der Waals surface area (Å²) >= 11 is 5.97. The Morgan fingerprint density at radius 2 is 2.11 bits per heavy atom. The normalized spacial score (nSPS) is 14.3. The zero-order chi connectivity index (χ0) is 13.9. The third-order valence-corrected chi connectivity index (χ3v) is 3.21. The van der Waals surface area contributed by atoms with Crippen molar-refractivity contribution in [3.05, 3.63) is 34.1 Å². The number of primary amides is 1. The van der Waals surface area contributed by atoms with Crippen LogP contribution in [0.15, 0.2) is 12.1 Å². The Morgan fingerprint density at radius 1 is 1.50 bits per heavy atom. The summed E-state index contributed by atoms with van der Waals surface area (Å²) in [4.78, 5) is 10.8. The fraction of sp³-hybridized carbons (Fsp3) is 0.462. The van der Waals surface area contributed by atoms with E-state index in [2.05, 4.69) is 0 Å². The average molecular weight is 273 g/mol. The van der Waals surface area contributed by atoms with Crippen molar-refractivity contribution in [2.24, 2.45) is 17.4 Å². The summed E-state index contributed by atoms with van der Waals surface area (Å²) in [6.07, 6.45) is 0.860. The predicted octanol–water partition coefficient (Wildman–Crippen LogP) is 2.69. The first-order valence-electron chi connectivity index (χ1n) is 5.80. The lowest BCUT2D eigenvalue weighted by atomic mass is 9.93. The fourth-order valence-corrected chi connectivity index (χ4v) is 2.24. The van der Waals surface area contributed by atoms with Crippen molar-refractivity contribution in [1.82, 2.24) is 0 Å². The van der Waals surface area contributed by atoms with E-state index in [0.29, 0.717) is 22.6 Å². The molecule has 2 unspecified atom stereocenters. The van der Waals surface area contributed by atoms with Crippen LogP contribution in [0.1, 0.15) is 36.9 Å². The van der Waals surface area contributed by atoms with Crippen molar-refractivity contribution >= 4 is 17.5 Å². The monoisotopic (exact) mass is 272 g/mol. The van der Waals surface area contributed by atoms with Gasteiger partial charge in [0.05, 0.1) is 0 Å². The SMILES string of the molecule is Cc1cc(C(N)CC(C)CC(N)=O)c(Cl)cc1F. The van der Waals surface area contributed by atoms with Gasteiger partial charge >= 0.3 is 0 Å². The fourth-order valence-electron chi connectivity index (χ4n) is 1.95. The number of rotatable bonds is 5. The minimum Gasteiger partial charge on any atom is -0.370 e. The highest BCUT2D eigenvalue weighted by Crippen LogP contribution is 2.29. The zero-order valence-corrected chi connectivity index (χ0v) is 11.3. The number of amides is 1. The van der Waals surface area contributed by atoms with Crippen LogP contribution in [0.5, 0.6) is 0 Å². The lowest BCUT2D eigenvalue weighted by Crippen LogP contribution is -2.20. The van der Waals surface area contributed by atoms with Gasteiger partial charge in [-0.15, -0.1) is 0 Å². The van der Waals surface area contributed by atoms with Gasteiger partial charge in [-0.1, -0.05) is 24.6 Å². The molecule has 3 nitrogen and oxygen atoms in total. The van der Waals surface area contributed by atoms with E-state index < -0.39 is 0 Å². The van der Waals surface area contributed by atoms with Gasteiger partial charge in [0.25, 0.3) is 0 Å². The summed E-state index contributed by atoms with van der Waals surface area (Å²) in [6.45, 7) is 3.56. The van der Waals surface area contributed by atoms with E-state index in [9.17, 15) is 9.18 Å². The Kier molecular flexibility index (Phi) is 5.11. The molecular formula is C13H18ClFN2O. The van der Waals surface area contributed by atoms with Crippen molar-refractivity contribution in [2.75, 3.05) is 0 Å². The highest BCUT2D eigenvalue weighted by molar-refractivity contribution is 6.31. The van der Waals surface area contributed by atoms with Crippen LogP contribution in [0.3, 0.4) is 0 Å². The summed E-state index contributed by atoms with van der Waals surface area (Å²) in [5, 5.41) is 0.317. The molecule has 0 fully saturated rings. The Bertz CT molecular complexity index is 451. The van der Waals surface area contributed by atoms with Gasteiger partial charge in [-0.05, 0) is 36.5 Å². The summed E-state index contributed by atoms with van der Waals surface area (Å²) in [7, 11) is 0. The Labute approximate surface area is 111 Å². The number of benzene rings is 1. The number of halogens is 2. The van der Waals surface area contributed by atoms with E-state index in [1.807, 2.05) is 6.92 Å². The second kappa shape index (κ2) is 6.16. The third-order valence-electron chi connectivity index (χ3n) is 2.88. The van der Waals surface area contributed by atoms with Crippen molar-refractivity contribution in [3.8, 4) is 0 Å². The Morgan fingerprint density at radius 3 is 2.67 bits per heavy atom.